The van der Waals surface area contributed by atoms with Crippen LogP contribution in [-0.4, -0.2) is 29.9 Å². The first-order valence-electron chi connectivity index (χ1n) is 6.40. The van der Waals surface area contributed by atoms with Gasteiger partial charge in [-0.2, -0.15) is 0 Å². The molecule has 4 heteroatoms. The molecule has 1 aliphatic heterocycles. The SMILES string of the molecule is Cc1ccc(C(=O)N2CCCCC2CN)cc1I. The summed E-state index contributed by atoms with van der Waals surface area (Å²) < 4.78 is 1.14. The van der Waals surface area contributed by atoms with Crippen molar-refractivity contribution in [3.63, 3.8) is 0 Å². The molecular formula is C14H19IN2O. The summed E-state index contributed by atoms with van der Waals surface area (Å²) in [5, 5.41) is 0. The predicted molar refractivity (Wildman–Crippen MR) is 81.6 cm³/mol. The minimum atomic E-state index is 0.128. The number of hydrogen-bond acceptors (Lipinski definition) is 2. The van der Waals surface area contributed by atoms with Crippen LogP contribution >= 0.6 is 22.6 Å². The molecule has 0 radical (unpaired) electrons. The molecule has 2 N–H and O–H groups in total. The molecule has 0 bridgehead atoms. The Morgan fingerprint density at radius 3 is 2.94 bits per heavy atom. The first-order valence-corrected chi connectivity index (χ1v) is 7.48. The normalized spacial score (nSPS) is 19.9. The molecule has 1 heterocycles. The minimum Gasteiger partial charge on any atom is -0.334 e. The van der Waals surface area contributed by atoms with Crippen molar-refractivity contribution < 1.29 is 4.79 Å². The van der Waals surface area contributed by atoms with E-state index in [4.69, 9.17) is 5.73 Å². The standard InChI is InChI=1S/C14H19IN2O/c1-10-5-6-11(8-13(10)15)14(18)17-7-3-2-4-12(17)9-16/h5-6,8,12H,2-4,7,9,16H2,1H3. The minimum absolute atomic E-state index is 0.128. The number of aryl methyl sites for hydroxylation is 1. The van der Waals surface area contributed by atoms with Gasteiger partial charge in [0, 0.05) is 28.3 Å². The van der Waals surface area contributed by atoms with Gasteiger partial charge in [0.2, 0.25) is 0 Å². The zero-order valence-corrected chi connectivity index (χ0v) is 12.8. The highest BCUT2D eigenvalue weighted by molar-refractivity contribution is 14.1. The number of amides is 1. The number of halogens is 1. The first kappa shape index (κ1) is 13.8. The van der Waals surface area contributed by atoms with Gasteiger partial charge in [-0.1, -0.05) is 6.07 Å². The van der Waals surface area contributed by atoms with Crippen LogP contribution < -0.4 is 5.73 Å². The first-order chi connectivity index (χ1) is 8.63. The Bertz CT molecular complexity index is 447. The number of rotatable bonds is 2. The molecule has 1 aliphatic rings. The van der Waals surface area contributed by atoms with Gasteiger partial charge in [-0.25, -0.2) is 0 Å². The van der Waals surface area contributed by atoms with E-state index in [1.807, 2.05) is 23.1 Å². The molecule has 1 aromatic carbocycles. The fourth-order valence-corrected chi connectivity index (χ4v) is 2.92. The molecule has 0 aliphatic carbocycles. The second-order valence-electron chi connectivity index (χ2n) is 4.85. The summed E-state index contributed by atoms with van der Waals surface area (Å²) in [6, 6.07) is 6.11. The van der Waals surface area contributed by atoms with E-state index in [0.29, 0.717) is 6.54 Å². The Balaban J connectivity index is 2.21. The lowest BCUT2D eigenvalue weighted by molar-refractivity contribution is 0.0623. The van der Waals surface area contributed by atoms with E-state index in [0.717, 1.165) is 28.5 Å². The van der Waals surface area contributed by atoms with Crippen LogP contribution in [0.15, 0.2) is 18.2 Å². The van der Waals surface area contributed by atoms with Crippen LogP contribution in [0, 0.1) is 10.5 Å². The van der Waals surface area contributed by atoms with Crippen LogP contribution in [0.1, 0.15) is 35.2 Å². The van der Waals surface area contributed by atoms with E-state index >= 15 is 0 Å². The number of hydrogen-bond donors (Lipinski definition) is 1. The van der Waals surface area contributed by atoms with Crippen LogP contribution in [0.3, 0.4) is 0 Å². The van der Waals surface area contributed by atoms with Crippen molar-refractivity contribution in [1.29, 1.82) is 0 Å². The summed E-state index contributed by atoms with van der Waals surface area (Å²) in [6.07, 6.45) is 3.30. The van der Waals surface area contributed by atoms with Crippen LogP contribution in [0.25, 0.3) is 0 Å². The van der Waals surface area contributed by atoms with Gasteiger partial charge >= 0.3 is 0 Å². The zero-order chi connectivity index (χ0) is 13.1. The quantitative estimate of drug-likeness (QED) is 0.826. The molecule has 1 aromatic rings. The molecule has 3 nitrogen and oxygen atoms in total. The summed E-state index contributed by atoms with van der Waals surface area (Å²) in [5.74, 6) is 0.128. The topological polar surface area (TPSA) is 46.3 Å². The van der Waals surface area contributed by atoms with E-state index in [1.54, 1.807) is 0 Å². The van der Waals surface area contributed by atoms with Crippen molar-refractivity contribution in [1.82, 2.24) is 4.90 Å². The molecule has 1 atom stereocenters. The van der Waals surface area contributed by atoms with E-state index in [1.165, 1.54) is 12.0 Å². The number of benzene rings is 1. The summed E-state index contributed by atoms with van der Waals surface area (Å²) in [4.78, 5) is 14.4. The van der Waals surface area contributed by atoms with Gasteiger partial charge < -0.3 is 10.6 Å². The second kappa shape index (κ2) is 6.02. The number of piperidine rings is 1. The van der Waals surface area contributed by atoms with Gasteiger partial charge in [0.05, 0.1) is 0 Å². The largest absolute Gasteiger partial charge is 0.334 e. The number of nitrogens with two attached hydrogens (primary N) is 1. The number of nitrogens with zero attached hydrogens (tertiary/aromatic N) is 1. The fourth-order valence-electron chi connectivity index (χ4n) is 2.40. The summed E-state index contributed by atoms with van der Waals surface area (Å²) in [7, 11) is 0. The van der Waals surface area contributed by atoms with Crippen molar-refractivity contribution >= 4 is 28.5 Å². The monoisotopic (exact) mass is 358 g/mol. The second-order valence-corrected chi connectivity index (χ2v) is 6.01. The predicted octanol–water partition coefficient (Wildman–Crippen LogP) is 2.55. The Labute approximate surface area is 122 Å². The number of carbonyl (C=O) groups excluding carboxylic acids is 1. The van der Waals surface area contributed by atoms with Crippen molar-refractivity contribution in [2.24, 2.45) is 5.73 Å². The average molecular weight is 358 g/mol. The van der Waals surface area contributed by atoms with Crippen LogP contribution in [-0.2, 0) is 0 Å². The van der Waals surface area contributed by atoms with Crippen molar-refractivity contribution in [3.05, 3.63) is 32.9 Å². The molecule has 0 spiro atoms. The molecule has 1 unspecified atom stereocenters. The maximum Gasteiger partial charge on any atom is 0.254 e. The molecule has 0 saturated carbocycles. The van der Waals surface area contributed by atoms with Crippen molar-refractivity contribution in [2.75, 3.05) is 13.1 Å². The third-order valence-corrected chi connectivity index (χ3v) is 4.74. The number of carbonyl (C=O) groups is 1. The molecule has 18 heavy (non-hydrogen) atoms. The summed E-state index contributed by atoms with van der Waals surface area (Å²) >= 11 is 2.27. The lowest BCUT2D eigenvalue weighted by Gasteiger charge is -2.35. The van der Waals surface area contributed by atoms with E-state index in [9.17, 15) is 4.79 Å². The van der Waals surface area contributed by atoms with Gasteiger partial charge in [-0.3, -0.25) is 4.79 Å². The molecule has 2 rings (SSSR count). The molecule has 0 aromatic heterocycles. The Morgan fingerprint density at radius 2 is 2.28 bits per heavy atom. The van der Waals surface area contributed by atoms with E-state index < -0.39 is 0 Å². The average Bonchev–Trinajstić information content (AvgIpc) is 2.41. The molecule has 98 valence electrons. The highest BCUT2D eigenvalue weighted by Gasteiger charge is 2.26. The van der Waals surface area contributed by atoms with Gasteiger partial charge in [0.1, 0.15) is 0 Å². The highest BCUT2D eigenvalue weighted by atomic mass is 127. The van der Waals surface area contributed by atoms with Gasteiger partial charge in [-0.15, -0.1) is 0 Å². The van der Waals surface area contributed by atoms with Crippen LogP contribution in [0.4, 0.5) is 0 Å². The fraction of sp³-hybridized carbons (Fsp3) is 0.500. The van der Waals surface area contributed by atoms with Crippen LogP contribution in [0.5, 0.6) is 0 Å². The van der Waals surface area contributed by atoms with Gasteiger partial charge in [-0.05, 0) is 66.5 Å². The molecular weight excluding hydrogens is 339 g/mol. The third-order valence-electron chi connectivity index (χ3n) is 3.58. The lowest BCUT2D eigenvalue weighted by Crippen LogP contribution is -2.47. The van der Waals surface area contributed by atoms with Crippen molar-refractivity contribution in [2.45, 2.75) is 32.2 Å². The highest BCUT2D eigenvalue weighted by Crippen LogP contribution is 2.21. The summed E-state index contributed by atoms with van der Waals surface area (Å²) in [5.41, 5.74) is 7.76. The van der Waals surface area contributed by atoms with E-state index in [-0.39, 0.29) is 11.9 Å². The number of likely N-dealkylation sites (tertiary alicyclic amines) is 1. The van der Waals surface area contributed by atoms with Crippen molar-refractivity contribution in [3.8, 4) is 0 Å². The maximum atomic E-state index is 12.5. The maximum absolute atomic E-state index is 12.5. The van der Waals surface area contributed by atoms with Gasteiger partial charge in [0.25, 0.3) is 5.91 Å². The Hall–Kier alpha value is -0.620. The molecule has 1 amide bonds. The zero-order valence-electron chi connectivity index (χ0n) is 10.7. The Kier molecular flexibility index (Phi) is 4.61. The molecule has 1 fully saturated rings. The smallest absolute Gasteiger partial charge is 0.254 e. The third kappa shape index (κ3) is 2.85. The van der Waals surface area contributed by atoms with E-state index in [2.05, 4.69) is 29.5 Å². The van der Waals surface area contributed by atoms with Gasteiger partial charge in [0.15, 0.2) is 0 Å². The van der Waals surface area contributed by atoms with Crippen LogP contribution in [0.2, 0.25) is 0 Å². The Morgan fingerprint density at radius 1 is 1.50 bits per heavy atom. The summed E-state index contributed by atoms with van der Waals surface area (Å²) in [6.45, 7) is 3.46. The molecule has 1 saturated heterocycles. The lowest BCUT2D eigenvalue weighted by atomic mass is 10.0.